The van der Waals surface area contributed by atoms with Crippen molar-refractivity contribution in [2.45, 2.75) is 45.1 Å². The molecule has 0 saturated heterocycles. The maximum atomic E-state index is 12.1. The van der Waals surface area contributed by atoms with Gasteiger partial charge in [-0.15, -0.1) is 0 Å². The zero-order valence-electron chi connectivity index (χ0n) is 13.4. The third kappa shape index (κ3) is 3.61. The Morgan fingerprint density at radius 3 is 2.95 bits per heavy atom. The molecule has 1 fully saturated rings. The monoisotopic (exact) mass is 302 g/mol. The number of fused-ring (bicyclic) bond motifs is 1. The van der Waals surface area contributed by atoms with Crippen molar-refractivity contribution < 1.29 is 9.53 Å². The normalized spacial score (nSPS) is 18.8. The number of ether oxygens (including phenoxy) is 1. The molecule has 1 saturated carbocycles. The molecule has 1 aromatic carbocycles. The lowest BCUT2D eigenvalue weighted by atomic mass is 10.1. The summed E-state index contributed by atoms with van der Waals surface area (Å²) in [4.78, 5) is 14.0. The molecule has 1 heterocycles. The van der Waals surface area contributed by atoms with Crippen molar-refractivity contribution in [1.29, 1.82) is 0 Å². The van der Waals surface area contributed by atoms with Crippen LogP contribution in [0.15, 0.2) is 24.3 Å². The molecule has 1 atom stereocenters. The summed E-state index contributed by atoms with van der Waals surface area (Å²) in [6.45, 7) is 4.15. The predicted molar refractivity (Wildman–Crippen MR) is 88.3 cm³/mol. The van der Waals surface area contributed by atoms with Gasteiger partial charge in [-0.25, -0.2) is 0 Å². The topological polar surface area (TPSA) is 41.6 Å². The van der Waals surface area contributed by atoms with Gasteiger partial charge in [-0.1, -0.05) is 25.5 Å². The van der Waals surface area contributed by atoms with Crippen LogP contribution in [0.25, 0.3) is 0 Å². The number of nitrogens with one attached hydrogen (secondary N) is 1. The average Bonchev–Trinajstić information content (AvgIpc) is 3.37. The van der Waals surface area contributed by atoms with Crippen molar-refractivity contribution in [3.63, 3.8) is 0 Å². The standard InChI is InChI=1S/C18H26N2O2/c1-2-6-15(14-9-10-14)19-11-5-12-20-16-7-3-4-8-17(16)22-13-18(20)21/h3-4,7-8,14-15,19H,2,5-6,9-13H2,1H3/t15-/m0/s1. The van der Waals surface area contributed by atoms with Gasteiger partial charge in [-0.05, 0) is 50.3 Å². The largest absolute Gasteiger partial charge is 0.482 e. The lowest BCUT2D eigenvalue weighted by Crippen LogP contribution is -2.41. The highest BCUT2D eigenvalue weighted by Gasteiger charge is 2.30. The Morgan fingerprint density at radius 2 is 2.18 bits per heavy atom. The molecule has 0 unspecified atom stereocenters. The summed E-state index contributed by atoms with van der Waals surface area (Å²) in [5.41, 5.74) is 0.908. The number of para-hydroxylation sites is 2. The molecular formula is C18H26N2O2. The Balaban J connectivity index is 1.49. The van der Waals surface area contributed by atoms with Crippen LogP contribution in [0, 0.1) is 5.92 Å². The summed E-state index contributed by atoms with van der Waals surface area (Å²) < 4.78 is 5.48. The SMILES string of the molecule is CCC[C@H](NCCCN1C(=O)COc2ccccc21)C1CC1. The molecule has 0 radical (unpaired) electrons. The molecule has 4 nitrogen and oxygen atoms in total. The van der Waals surface area contributed by atoms with E-state index < -0.39 is 0 Å². The minimum absolute atomic E-state index is 0.0611. The number of hydrogen-bond acceptors (Lipinski definition) is 3. The molecular weight excluding hydrogens is 276 g/mol. The van der Waals surface area contributed by atoms with Gasteiger partial charge in [0.05, 0.1) is 5.69 Å². The smallest absolute Gasteiger partial charge is 0.265 e. The molecule has 1 aliphatic carbocycles. The van der Waals surface area contributed by atoms with Crippen molar-refractivity contribution >= 4 is 11.6 Å². The first-order valence-electron chi connectivity index (χ1n) is 8.55. The van der Waals surface area contributed by atoms with Gasteiger partial charge in [-0.3, -0.25) is 4.79 Å². The van der Waals surface area contributed by atoms with E-state index in [4.69, 9.17) is 4.74 Å². The first-order chi connectivity index (χ1) is 10.8. The van der Waals surface area contributed by atoms with Gasteiger partial charge < -0.3 is 15.0 Å². The average molecular weight is 302 g/mol. The fourth-order valence-corrected chi connectivity index (χ4v) is 3.24. The number of amides is 1. The lowest BCUT2D eigenvalue weighted by molar-refractivity contribution is -0.121. The van der Waals surface area contributed by atoms with Crippen LogP contribution < -0.4 is 15.0 Å². The van der Waals surface area contributed by atoms with E-state index in [1.54, 1.807) is 0 Å². The molecule has 1 amide bonds. The lowest BCUT2D eigenvalue weighted by Gasteiger charge is -2.29. The van der Waals surface area contributed by atoms with Crippen LogP contribution in [0.5, 0.6) is 5.75 Å². The van der Waals surface area contributed by atoms with Gasteiger partial charge in [0, 0.05) is 12.6 Å². The van der Waals surface area contributed by atoms with Crippen LogP contribution in [-0.2, 0) is 4.79 Å². The van der Waals surface area contributed by atoms with Crippen LogP contribution >= 0.6 is 0 Å². The number of nitrogens with zero attached hydrogens (tertiary/aromatic N) is 1. The van der Waals surface area contributed by atoms with E-state index >= 15 is 0 Å². The van der Waals surface area contributed by atoms with E-state index in [2.05, 4.69) is 12.2 Å². The van der Waals surface area contributed by atoms with E-state index in [1.807, 2.05) is 29.2 Å². The Bertz CT molecular complexity index is 514. The number of carbonyl (C=O) groups excluding carboxylic acids is 1. The number of rotatable bonds is 8. The Hall–Kier alpha value is -1.55. The molecule has 1 aromatic rings. The minimum atomic E-state index is 0.0611. The maximum absolute atomic E-state index is 12.1. The summed E-state index contributed by atoms with van der Waals surface area (Å²) in [6.07, 6.45) is 6.25. The zero-order valence-corrected chi connectivity index (χ0v) is 13.4. The number of anilines is 1. The van der Waals surface area contributed by atoms with Crippen LogP contribution in [0.2, 0.25) is 0 Å². The molecule has 4 heteroatoms. The fraction of sp³-hybridized carbons (Fsp3) is 0.611. The van der Waals surface area contributed by atoms with Crippen LogP contribution in [0.3, 0.4) is 0 Å². The zero-order chi connectivity index (χ0) is 15.4. The molecule has 2 aliphatic rings. The summed E-state index contributed by atoms with van der Waals surface area (Å²) in [5, 5.41) is 3.69. The Labute approximate surface area is 132 Å². The van der Waals surface area contributed by atoms with Crippen molar-refractivity contribution in [3.05, 3.63) is 24.3 Å². The second kappa shape index (κ2) is 7.14. The summed E-state index contributed by atoms with van der Waals surface area (Å²) >= 11 is 0. The van der Waals surface area contributed by atoms with Gasteiger partial charge in [-0.2, -0.15) is 0 Å². The molecule has 120 valence electrons. The van der Waals surface area contributed by atoms with Gasteiger partial charge >= 0.3 is 0 Å². The third-order valence-electron chi connectivity index (χ3n) is 4.56. The molecule has 3 rings (SSSR count). The summed E-state index contributed by atoms with van der Waals surface area (Å²) in [6, 6.07) is 8.47. The molecule has 0 spiro atoms. The van der Waals surface area contributed by atoms with Crippen LogP contribution in [0.4, 0.5) is 5.69 Å². The van der Waals surface area contributed by atoms with E-state index in [1.165, 1.54) is 25.7 Å². The molecule has 0 aromatic heterocycles. The number of benzene rings is 1. The highest BCUT2D eigenvalue weighted by atomic mass is 16.5. The summed E-state index contributed by atoms with van der Waals surface area (Å²) in [5.74, 6) is 1.77. The van der Waals surface area contributed by atoms with E-state index in [9.17, 15) is 4.79 Å². The van der Waals surface area contributed by atoms with Gasteiger partial charge in [0.15, 0.2) is 6.61 Å². The van der Waals surface area contributed by atoms with Gasteiger partial charge in [0.25, 0.3) is 5.91 Å². The summed E-state index contributed by atoms with van der Waals surface area (Å²) in [7, 11) is 0. The Kier molecular flexibility index (Phi) is 4.98. The second-order valence-electron chi connectivity index (χ2n) is 6.34. The number of carbonyl (C=O) groups is 1. The maximum Gasteiger partial charge on any atom is 0.265 e. The third-order valence-corrected chi connectivity index (χ3v) is 4.56. The minimum Gasteiger partial charge on any atom is -0.482 e. The van der Waals surface area contributed by atoms with Crippen molar-refractivity contribution in [1.82, 2.24) is 5.32 Å². The van der Waals surface area contributed by atoms with E-state index in [0.29, 0.717) is 6.04 Å². The van der Waals surface area contributed by atoms with Crippen molar-refractivity contribution in [2.75, 3.05) is 24.6 Å². The van der Waals surface area contributed by atoms with E-state index in [-0.39, 0.29) is 12.5 Å². The predicted octanol–water partition coefficient (Wildman–Crippen LogP) is 2.97. The van der Waals surface area contributed by atoms with E-state index in [0.717, 1.165) is 36.9 Å². The molecule has 1 aliphatic heterocycles. The van der Waals surface area contributed by atoms with Gasteiger partial charge in [0.1, 0.15) is 5.75 Å². The van der Waals surface area contributed by atoms with Crippen LogP contribution in [0.1, 0.15) is 39.0 Å². The first-order valence-corrected chi connectivity index (χ1v) is 8.55. The quantitative estimate of drug-likeness (QED) is 0.751. The highest BCUT2D eigenvalue weighted by Crippen LogP contribution is 2.34. The van der Waals surface area contributed by atoms with Crippen molar-refractivity contribution in [2.24, 2.45) is 5.92 Å². The van der Waals surface area contributed by atoms with Gasteiger partial charge in [0.2, 0.25) is 0 Å². The van der Waals surface area contributed by atoms with Crippen LogP contribution in [-0.4, -0.2) is 31.6 Å². The first kappa shape index (κ1) is 15.3. The Morgan fingerprint density at radius 1 is 1.36 bits per heavy atom. The fourth-order valence-electron chi connectivity index (χ4n) is 3.24. The van der Waals surface area contributed by atoms with Crippen molar-refractivity contribution in [3.8, 4) is 5.75 Å². The molecule has 1 N–H and O–H groups in total. The number of hydrogen-bond donors (Lipinski definition) is 1. The second-order valence-corrected chi connectivity index (χ2v) is 6.34. The molecule has 0 bridgehead atoms. The highest BCUT2D eigenvalue weighted by molar-refractivity contribution is 5.97. The molecule has 22 heavy (non-hydrogen) atoms.